The number of hydrogen-bond donors (Lipinski definition) is 0. The third kappa shape index (κ3) is 3.30. The van der Waals surface area contributed by atoms with Crippen LogP contribution >= 0.6 is 0 Å². The van der Waals surface area contributed by atoms with Crippen molar-refractivity contribution < 1.29 is 0 Å². The smallest absolute Gasteiger partial charge is 0.266 e. The number of likely N-dealkylation sites (tertiary alicyclic amines) is 1. The summed E-state index contributed by atoms with van der Waals surface area (Å²) in [6.45, 7) is 3.62. The van der Waals surface area contributed by atoms with Gasteiger partial charge in [0.2, 0.25) is 0 Å². The molecule has 0 aromatic carbocycles. The third-order valence-electron chi connectivity index (χ3n) is 5.93. The maximum absolute atomic E-state index is 12.1. The SMILES string of the molecule is O=c1ccc(C2CC2)nn1CC1CN(Cc2ccnc(C3CCC3)n2)C1. The number of nitrogens with zero attached hydrogens (tertiary/aromatic N) is 5. The lowest BCUT2D eigenvalue weighted by molar-refractivity contribution is 0.0751. The van der Waals surface area contributed by atoms with E-state index in [1.807, 2.05) is 18.3 Å². The van der Waals surface area contributed by atoms with Gasteiger partial charge in [-0.25, -0.2) is 14.6 Å². The average Bonchev–Trinajstić information content (AvgIpc) is 3.38. The van der Waals surface area contributed by atoms with Gasteiger partial charge in [-0.1, -0.05) is 6.42 Å². The van der Waals surface area contributed by atoms with Gasteiger partial charge in [0.1, 0.15) is 5.82 Å². The Balaban J connectivity index is 1.17. The maximum atomic E-state index is 12.1. The van der Waals surface area contributed by atoms with Gasteiger partial charge in [0, 0.05) is 49.7 Å². The highest BCUT2D eigenvalue weighted by molar-refractivity contribution is 5.13. The molecule has 3 fully saturated rings. The molecule has 0 N–H and O–H groups in total. The molecule has 0 radical (unpaired) electrons. The predicted molar refractivity (Wildman–Crippen MR) is 97.9 cm³/mol. The Morgan fingerprint density at radius 1 is 1.04 bits per heavy atom. The Bertz CT molecular complexity index is 849. The van der Waals surface area contributed by atoms with Gasteiger partial charge in [-0.2, -0.15) is 5.10 Å². The van der Waals surface area contributed by atoms with Gasteiger partial charge in [0.25, 0.3) is 5.56 Å². The lowest BCUT2D eigenvalue weighted by atomic mass is 9.85. The summed E-state index contributed by atoms with van der Waals surface area (Å²) in [5.74, 6) is 2.69. The van der Waals surface area contributed by atoms with E-state index in [9.17, 15) is 4.79 Å². The molecule has 2 aromatic heterocycles. The molecule has 5 rings (SSSR count). The molecule has 0 amide bonds. The minimum atomic E-state index is 0.0220. The van der Waals surface area contributed by atoms with Crippen molar-refractivity contribution in [3.05, 3.63) is 52.0 Å². The van der Waals surface area contributed by atoms with Crippen molar-refractivity contribution in [1.29, 1.82) is 0 Å². The van der Waals surface area contributed by atoms with Gasteiger partial charge >= 0.3 is 0 Å². The standard InChI is InChI=1S/C20H25N5O/c26-19-7-6-18(15-4-5-15)23-25(19)12-14-10-24(11-14)13-17-8-9-21-20(22-17)16-2-1-3-16/h6-9,14-16H,1-5,10-13H2. The van der Waals surface area contributed by atoms with Crippen LogP contribution in [0.5, 0.6) is 0 Å². The first-order chi connectivity index (χ1) is 12.7. The molecule has 6 heteroatoms. The van der Waals surface area contributed by atoms with Crippen LogP contribution in [-0.2, 0) is 13.1 Å². The molecule has 3 heterocycles. The van der Waals surface area contributed by atoms with Gasteiger partial charge < -0.3 is 0 Å². The molecule has 1 saturated heterocycles. The first-order valence-electron chi connectivity index (χ1n) is 9.87. The Morgan fingerprint density at radius 3 is 2.62 bits per heavy atom. The molecule has 1 aliphatic heterocycles. The van der Waals surface area contributed by atoms with Crippen LogP contribution in [0.15, 0.2) is 29.2 Å². The lowest BCUT2D eigenvalue weighted by Gasteiger charge is -2.39. The van der Waals surface area contributed by atoms with Gasteiger partial charge in [0.05, 0.1) is 17.9 Å². The fourth-order valence-electron chi connectivity index (χ4n) is 3.95. The highest BCUT2D eigenvalue weighted by Gasteiger charge is 2.30. The summed E-state index contributed by atoms with van der Waals surface area (Å²) in [6, 6.07) is 5.61. The zero-order valence-corrected chi connectivity index (χ0v) is 15.0. The Hall–Kier alpha value is -2.08. The van der Waals surface area contributed by atoms with Gasteiger partial charge in [-0.3, -0.25) is 9.69 Å². The first-order valence-corrected chi connectivity index (χ1v) is 9.87. The fourth-order valence-corrected chi connectivity index (χ4v) is 3.95. The second kappa shape index (κ2) is 6.58. The van der Waals surface area contributed by atoms with Crippen LogP contribution in [-0.4, -0.2) is 37.7 Å². The summed E-state index contributed by atoms with van der Waals surface area (Å²) in [7, 11) is 0. The van der Waals surface area contributed by atoms with Gasteiger partial charge in [0.15, 0.2) is 0 Å². The van der Waals surface area contributed by atoms with E-state index in [1.54, 1.807) is 10.7 Å². The minimum Gasteiger partial charge on any atom is -0.297 e. The molecular weight excluding hydrogens is 326 g/mol. The maximum Gasteiger partial charge on any atom is 0.266 e. The normalized spacial score (nSPS) is 21.4. The molecule has 2 aromatic rings. The van der Waals surface area contributed by atoms with Crippen LogP contribution in [0.3, 0.4) is 0 Å². The predicted octanol–water partition coefficient (Wildman–Crippen LogP) is 2.31. The number of rotatable bonds is 6. The van der Waals surface area contributed by atoms with Crippen LogP contribution in [0, 0.1) is 5.92 Å². The van der Waals surface area contributed by atoms with Crippen LogP contribution in [0.1, 0.15) is 61.2 Å². The van der Waals surface area contributed by atoms with E-state index in [2.05, 4.69) is 15.0 Å². The highest BCUT2D eigenvalue weighted by atomic mass is 16.1. The zero-order valence-electron chi connectivity index (χ0n) is 15.0. The second-order valence-electron chi connectivity index (χ2n) is 8.15. The van der Waals surface area contributed by atoms with Crippen molar-refractivity contribution in [3.63, 3.8) is 0 Å². The number of hydrogen-bond acceptors (Lipinski definition) is 5. The number of aromatic nitrogens is 4. The van der Waals surface area contributed by atoms with Crippen LogP contribution in [0.25, 0.3) is 0 Å². The molecule has 26 heavy (non-hydrogen) atoms. The topological polar surface area (TPSA) is 63.9 Å². The summed E-state index contributed by atoms with van der Waals surface area (Å²) in [5.41, 5.74) is 2.23. The van der Waals surface area contributed by atoms with E-state index in [4.69, 9.17) is 4.98 Å². The van der Waals surface area contributed by atoms with Gasteiger partial charge in [-0.15, -0.1) is 0 Å². The van der Waals surface area contributed by atoms with Crippen molar-refractivity contribution in [2.75, 3.05) is 13.1 Å². The van der Waals surface area contributed by atoms with E-state index in [0.717, 1.165) is 43.4 Å². The van der Waals surface area contributed by atoms with Crippen molar-refractivity contribution in [3.8, 4) is 0 Å². The lowest BCUT2D eigenvalue weighted by Crippen LogP contribution is -2.49. The molecule has 0 atom stereocenters. The zero-order chi connectivity index (χ0) is 17.5. The monoisotopic (exact) mass is 351 g/mol. The molecule has 2 aliphatic carbocycles. The summed E-state index contributed by atoms with van der Waals surface area (Å²) >= 11 is 0. The fraction of sp³-hybridized carbons (Fsp3) is 0.600. The van der Waals surface area contributed by atoms with Crippen molar-refractivity contribution in [2.24, 2.45) is 5.92 Å². The van der Waals surface area contributed by atoms with Crippen LogP contribution < -0.4 is 5.56 Å². The molecular formula is C20H25N5O. The molecule has 136 valence electrons. The molecule has 2 saturated carbocycles. The first kappa shape index (κ1) is 16.1. The minimum absolute atomic E-state index is 0.0220. The third-order valence-corrected chi connectivity index (χ3v) is 5.93. The highest BCUT2D eigenvalue weighted by Crippen LogP contribution is 2.38. The molecule has 3 aliphatic rings. The summed E-state index contributed by atoms with van der Waals surface area (Å²) in [6.07, 6.45) is 8.10. The largest absolute Gasteiger partial charge is 0.297 e. The summed E-state index contributed by atoms with van der Waals surface area (Å²) < 4.78 is 1.68. The van der Waals surface area contributed by atoms with E-state index in [0.29, 0.717) is 17.8 Å². The molecule has 0 spiro atoms. The Morgan fingerprint density at radius 2 is 1.88 bits per heavy atom. The van der Waals surface area contributed by atoms with E-state index in [1.165, 1.54) is 32.1 Å². The van der Waals surface area contributed by atoms with Crippen LogP contribution in [0.2, 0.25) is 0 Å². The Labute approximate surface area is 153 Å². The summed E-state index contributed by atoms with van der Waals surface area (Å²) in [4.78, 5) is 23.7. The van der Waals surface area contributed by atoms with E-state index >= 15 is 0 Å². The van der Waals surface area contributed by atoms with Crippen molar-refractivity contribution in [2.45, 2.75) is 57.0 Å². The quantitative estimate of drug-likeness (QED) is 0.799. The Kier molecular flexibility index (Phi) is 4.08. The average molecular weight is 351 g/mol. The second-order valence-corrected chi connectivity index (χ2v) is 8.15. The molecule has 6 nitrogen and oxygen atoms in total. The van der Waals surface area contributed by atoms with E-state index < -0.39 is 0 Å². The van der Waals surface area contributed by atoms with Gasteiger partial charge in [-0.05, 0) is 37.8 Å². The van der Waals surface area contributed by atoms with E-state index in [-0.39, 0.29) is 5.56 Å². The van der Waals surface area contributed by atoms with Crippen molar-refractivity contribution >= 4 is 0 Å². The molecule has 0 unspecified atom stereocenters. The molecule has 0 bridgehead atoms. The van der Waals surface area contributed by atoms with Crippen LogP contribution in [0.4, 0.5) is 0 Å². The summed E-state index contributed by atoms with van der Waals surface area (Å²) in [5, 5.41) is 4.58. The van der Waals surface area contributed by atoms with Crippen molar-refractivity contribution in [1.82, 2.24) is 24.6 Å².